The van der Waals surface area contributed by atoms with Gasteiger partial charge in [0.1, 0.15) is 0 Å². The minimum absolute atomic E-state index is 0.00979. The standard InChI is InChI=1S/C92H68BN5/c1-91(2,3)61-43-38-57(39-44-61)65-22-7-14-31-77(65)96-85-55-63(94-79-33-16-9-24-67(79)68-25-10-17-34-80(68)94)47-49-75(85)93-76-50-48-64(95-81-35-18-11-26-69(81)70-27-12-19-36-82(70)95)56-86(76)97(78-32-15-8-23-66(78)58-40-45-62(46-41-58)92(4,5)6)88-54-60(53-87(96)89(88)93)59-42-51-84-74(52-59)73-30-21-29-72-71-28-13-20-37-83(71)98(84)90(72)73/h7-56H,1-6H3. The molecule has 6 heteroatoms. The monoisotopic (exact) mass is 1250 g/mol. The molecule has 0 radical (unpaired) electrons. The summed E-state index contributed by atoms with van der Waals surface area (Å²) in [5.74, 6) is 0. The van der Waals surface area contributed by atoms with E-state index in [0.717, 1.165) is 67.8 Å². The van der Waals surface area contributed by atoms with Crippen LogP contribution in [-0.4, -0.2) is 20.2 Å². The Balaban J connectivity index is 0.921. The Bertz CT molecular complexity index is 5950. The molecule has 0 aliphatic carbocycles. The third kappa shape index (κ3) is 8.21. The van der Waals surface area contributed by atoms with Crippen LogP contribution in [0.3, 0.4) is 0 Å². The number of anilines is 6. The summed E-state index contributed by atoms with van der Waals surface area (Å²) in [7, 11) is 0. The Morgan fingerprint density at radius 1 is 0.255 bits per heavy atom. The fourth-order valence-electron chi connectivity index (χ4n) is 17.1. The lowest BCUT2D eigenvalue weighted by atomic mass is 9.33. The van der Waals surface area contributed by atoms with E-state index >= 15 is 0 Å². The molecule has 0 unspecified atom stereocenters. The lowest BCUT2D eigenvalue weighted by molar-refractivity contribution is 0.590. The number of rotatable bonds is 7. The van der Waals surface area contributed by atoms with Gasteiger partial charge in [-0.2, -0.15) is 0 Å². The minimum atomic E-state index is -0.195. The highest BCUT2D eigenvalue weighted by Crippen LogP contribution is 2.52. The molecule has 5 nitrogen and oxygen atoms in total. The van der Waals surface area contributed by atoms with Crippen molar-refractivity contribution in [2.75, 3.05) is 9.80 Å². The average molecular weight is 1250 g/mol. The SMILES string of the molecule is CC(C)(C)c1ccc(-c2ccccc2N2c3cc(-n4c5ccccc5c5ccccc54)ccc3B3c4ccc(-n5c6ccccc6c6ccccc65)cc4N(c4ccccc4-c4ccc(C(C)(C)C)cc4)c4cc(-c5ccc6c(c5)c5cccc7c8ccccc8n6c75)cc2c43)cc1. The highest BCUT2D eigenvalue weighted by atomic mass is 15.2. The van der Waals surface area contributed by atoms with Gasteiger partial charge in [0, 0.05) is 88.3 Å². The van der Waals surface area contributed by atoms with Crippen molar-refractivity contribution in [3.63, 3.8) is 0 Å². The first-order valence-corrected chi connectivity index (χ1v) is 34.5. The zero-order valence-corrected chi connectivity index (χ0v) is 55.7. The van der Waals surface area contributed by atoms with Crippen LogP contribution < -0.4 is 26.2 Å². The Morgan fingerprint density at radius 3 is 1.07 bits per heavy atom. The molecule has 18 aromatic rings. The molecule has 0 amide bonds. The van der Waals surface area contributed by atoms with Crippen LogP contribution in [0.5, 0.6) is 0 Å². The summed E-state index contributed by atoms with van der Waals surface area (Å²) >= 11 is 0. The van der Waals surface area contributed by atoms with Gasteiger partial charge in [-0.25, -0.2) is 0 Å². The van der Waals surface area contributed by atoms with E-state index in [9.17, 15) is 0 Å². The summed E-state index contributed by atoms with van der Waals surface area (Å²) in [6, 6.07) is 115. The molecule has 464 valence electrons. The van der Waals surface area contributed by atoms with Crippen LogP contribution in [0.25, 0.3) is 126 Å². The first-order chi connectivity index (χ1) is 47.9. The van der Waals surface area contributed by atoms with E-state index in [1.165, 1.54) is 120 Å². The number of fused-ring (bicyclic) bond motifs is 16. The van der Waals surface area contributed by atoms with Crippen LogP contribution in [-0.2, 0) is 10.8 Å². The van der Waals surface area contributed by atoms with Crippen LogP contribution in [0, 0.1) is 0 Å². The van der Waals surface area contributed by atoms with Crippen molar-refractivity contribution < 1.29 is 0 Å². The van der Waals surface area contributed by atoms with Crippen molar-refractivity contribution in [1.29, 1.82) is 0 Å². The fourth-order valence-corrected chi connectivity index (χ4v) is 17.1. The molecule has 0 N–H and O–H groups in total. The van der Waals surface area contributed by atoms with Crippen molar-refractivity contribution in [2.45, 2.75) is 52.4 Å². The molecule has 0 fully saturated rings. The minimum Gasteiger partial charge on any atom is -0.311 e. The lowest BCUT2D eigenvalue weighted by Crippen LogP contribution is -2.61. The predicted molar refractivity (Wildman–Crippen MR) is 418 cm³/mol. The summed E-state index contributed by atoms with van der Waals surface area (Å²) in [4.78, 5) is 5.30. The normalized spacial score (nSPS) is 13.1. The van der Waals surface area contributed by atoms with Gasteiger partial charge in [0.25, 0.3) is 6.71 Å². The van der Waals surface area contributed by atoms with E-state index in [0.29, 0.717) is 0 Å². The van der Waals surface area contributed by atoms with Gasteiger partial charge >= 0.3 is 0 Å². The molecule has 0 saturated carbocycles. The summed E-state index contributed by atoms with van der Waals surface area (Å²) in [6.07, 6.45) is 0. The van der Waals surface area contributed by atoms with Crippen molar-refractivity contribution in [3.8, 4) is 44.8 Å². The van der Waals surface area contributed by atoms with Crippen LogP contribution in [0.4, 0.5) is 34.1 Å². The van der Waals surface area contributed by atoms with E-state index in [4.69, 9.17) is 0 Å². The summed E-state index contributed by atoms with van der Waals surface area (Å²) < 4.78 is 7.47. The molecule has 0 saturated heterocycles. The van der Waals surface area contributed by atoms with Crippen molar-refractivity contribution in [3.05, 3.63) is 314 Å². The summed E-state index contributed by atoms with van der Waals surface area (Å²) in [6.45, 7) is 13.6. The van der Waals surface area contributed by atoms with Gasteiger partial charge in [0.15, 0.2) is 0 Å². The smallest absolute Gasteiger partial charge is 0.252 e. The van der Waals surface area contributed by atoms with Gasteiger partial charge in [-0.05, 0) is 152 Å². The van der Waals surface area contributed by atoms with Gasteiger partial charge in [-0.1, -0.05) is 254 Å². The number of benzene rings is 14. The van der Waals surface area contributed by atoms with Gasteiger partial charge in [-0.3, -0.25) is 0 Å². The molecular weight excluding hydrogens is 1190 g/mol. The molecular formula is C92H68BN5. The van der Waals surface area contributed by atoms with Crippen LogP contribution in [0.15, 0.2) is 303 Å². The van der Waals surface area contributed by atoms with E-state index < -0.39 is 0 Å². The second kappa shape index (κ2) is 20.8. The van der Waals surface area contributed by atoms with Gasteiger partial charge in [0.05, 0.1) is 50.0 Å². The average Bonchev–Trinajstić information content (AvgIpc) is 0.925. The number of aromatic nitrogens is 3. The molecule has 0 atom stereocenters. The van der Waals surface area contributed by atoms with Crippen molar-refractivity contribution in [1.82, 2.24) is 13.5 Å². The number of hydrogen-bond donors (Lipinski definition) is 0. The van der Waals surface area contributed by atoms with E-state index in [1.807, 2.05) is 0 Å². The van der Waals surface area contributed by atoms with Crippen molar-refractivity contribution >= 4 is 139 Å². The number of para-hydroxylation sites is 8. The third-order valence-electron chi connectivity index (χ3n) is 21.7. The maximum atomic E-state index is 2.65. The van der Waals surface area contributed by atoms with E-state index in [1.54, 1.807) is 0 Å². The maximum absolute atomic E-state index is 2.65. The first kappa shape index (κ1) is 56.5. The molecule has 4 aromatic heterocycles. The fraction of sp³-hybridized carbons (Fsp3) is 0.0870. The molecule has 14 aromatic carbocycles. The Kier molecular flexibility index (Phi) is 12.0. The first-order valence-electron chi connectivity index (χ1n) is 34.5. The van der Waals surface area contributed by atoms with E-state index in [2.05, 4.69) is 368 Å². The Morgan fingerprint density at radius 2 is 0.622 bits per heavy atom. The predicted octanol–water partition coefficient (Wildman–Crippen LogP) is 22.7. The van der Waals surface area contributed by atoms with Crippen LogP contribution in [0.1, 0.15) is 52.7 Å². The van der Waals surface area contributed by atoms with Crippen LogP contribution in [0.2, 0.25) is 0 Å². The molecule has 0 spiro atoms. The van der Waals surface area contributed by atoms with Gasteiger partial charge in [0.2, 0.25) is 0 Å². The van der Waals surface area contributed by atoms with Gasteiger partial charge in [-0.15, -0.1) is 0 Å². The lowest BCUT2D eigenvalue weighted by Gasteiger charge is -2.45. The molecule has 0 bridgehead atoms. The van der Waals surface area contributed by atoms with Gasteiger partial charge < -0.3 is 23.3 Å². The molecule has 6 heterocycles. The summed E-state index contributed by atoms with van der Waals surface area (Å²) in [5, 5.41) is 10.00. The second-order valence-electron chi connectivity index (χ2n) is 29.2. The zero-order valence-electron chi connectivity index (χ0n) is 55.7. The van der Waals surface area contributed by atoms with E-state index in [-0.39, 0.29) is 17.5 Å². The van der Waals surface area contributed by atoms with Crippen molar-refractivity contribution in [2.24, 2.45) is 0 Å². The second-order valence-corrected chi connectivity index (χ2v) is 29.2. The highest BCUT2D eigenvalue weighted by Gasteiger charge is 2.45. The molecule has 2 aliphatic rings. The number of hydrogen-bond acceptors (Lipinski definition) is 2. The summed E-state index contributed by atoms with van der Waals surface area (Å²) in [5.41, 5.74) is 30.7. The quantitative estimate of drug-likeness (QED) is 0.148. The largest absolute Gasteiger partial charge is 0.311 e. The number of nitrogens with zero attached hydrogens (tertiary/aromatic N) is 5. The Hall–Kier alpha value is -11.9. The molecule has 20 rings (SSSR count). The molecule has 98 heavy (non-hydrogen) atoms. The third-order valence-corrected chi connectivity index (χ3v) is 21.7. The highest BCUT2D eigenvalue weighted by molar-refractivity contribution is 7.00. The zero-order chi connectivity index (χ0) is 65.4. The maximum Gasteiger partial charge on any atom is 0.252 e. The molecule has 2 aliphatic heterocycles. The topological polar surface area (TPSA) is 20.8 Å². The van der Waals surface area contributed by atoms with Crippen LogP contribution >= 0.6 is 0 Å². The Labute approximate surface area is 570 Å².